The monoisotopic (exact) mass is 480 g/mol. The van der Waals surface area contributed by atoms with Crippen molar-refractivity contribution in [1.82, 2.24) is 0 Å². The van der Waals surface area contributed by atoms with Crippen molar-refractivity contribution in [2.45, 2.75) is 122 Å². The summed E-state index contributed by atoms with van der Waals surface area (Å²) in [7, 11) is 0. The number of esters is 2. The summed E-state index contributed by atoms with van der Waals surface area (Å²) in [5.74, 6) is 0.266. The Morgan fingerprint density at radius 1 is 0.636 bits per heavy atom. The maximum Gasteiger partial charge on any atom is 0.311 e. The molecule has 0 atom stereocenters. The fourth-order valence-electron chi connectivity index (χ4n) is 3.78. The fourth-order valence-corrected chi connectivity index (χ4v) is 3.90. The summed E-state index contributed by atoms with van der Waals surface area (Å²) in [6.07, 6.45) is 19.7. The van der Waals surface area contributed by atoms with E-state index >= 15 is 0 Å². The second-order valence-corrected chi connectivity index (χ2v) is 9.39. The van der Waals surface area contributed by atoms with Crippen LogP contribution in [0.2, 0.25) is 5.02 Å². The molecule has 5 heteroatoms. The van der Waals surface area contributed by atoms with Gasteiger partial charge in [-0.2, -0.15) is 0 Å². The smallest absolute Gasteiger partial charge is 0.311 e. The Morgan fingerprint density at radius 3 is 1.64 bits per heavy atom. The van der Waals surface area contributed by atoms with Crippen molar-refractivity contribution >= 4 is 23.5 Å². The van der Waals surface area contributed by atoms with Crippen molar-refractivity contribution < 1.29 is 19.1 Å². The molecule has 0 fully saturated rings. The molecule has 0 amide bonds. The van der Waals surface area contributed by atoms with Gasteiger partial charge in [0.1, 0.15) is 5.75 Å². The predicted octanol–water partition coefficient (Wildman–Crippen LogP) is 8.83. The van der Waals surface area contributed by atoms with Crippen LogP contribution in [0.5, 0.6) is 5.75 Å². The highest BCUT2D eigenvalue weighted by Crippen LogP contribution is 2.17. The number of halogens is 1. The van der Waals surface area contributed by atoms with E-state index in [1.54, 1.807) is 24.3 Å². The molecular weight excluding hydrogens is 436 g/mol. The van der Waals surface area contributed by atoms with Gasteiger partial charge in [0.05, 0.1) is 6.61 Å². The number of rotatable bonds is 21. The molecule has 1 aromatic rings. The molecule has 0 unspecified atom stereocenters. The highest BCUT2D eigenvalue weighted by atomic mass is 35.5. The molecule has 0 N–H and O–H groups in total. The molecule has 1 aromatic carbocycles. The maximum atomic E-state index is 11.8. The third kappa shape index (κ3) is 18.6. The zero-order chi connectivity index (χ0) is 24.0. The lowest BCUT2D eigenvalue weighted by atomic mass is 10.1. The van der Waals surface area contributed by atoms with Crippen LogP contribution in [0.25, 0.3) is 0 Å². The fraction of sp³-hybridized carbons (Fsp3) is 0.714. The minimum absolute atomic E-state index is 0.0594. The predicted molar refractivity (Wildman–Crippen MR) is 137 cm³/mol. The normalized spacial score (nSPS) is 10.8. The third-order valence-corrected chi connectivity index (χ3v) is 6.07. The van der Waals surface area contributed by atoms with Gasteiger partial charge in [-0.3, -0.25) is 9.59 Å². The minimum Gasteiger partial charge on any atom is -0.466 e. The van der Waals surface area contributed by atoms with Crippen molar-refractivity contribution in [2.24, 2.45) is 0 Å². The largest absolute Gasteiger partial charge is 0.466 e. The maximum absolute atomic E-state index is 11.8. The molecule has 33 heavy (non-hydrogen) atoms. The van der Waals surface area contributed by atoms with Gasteiger partial charge >= 0.3 is 11.9 Å². The summed E-state index contributed by atoms with van der Waals surface area (Å²) >= 11 is 5.82. The van der Waals surface area contributed by atoms with E-state index in [2.05, 4.69) is 6.92 Å². The summed E-state index contributed by atoms with van der Waals surface area (Å²) in [5, 5.41) is 0.622. The summed E-state index contributed by atoms with van der Waals surface area (Å²) in [6.45, 7) is 2.82. The van der Waals surface area contributed by atoms with E-state index in [1.165, 1.54) is 51.4 Å². The second kappa shape index (κ2) is 21.0. The van der Waals surface area contributed by atoms with Crippen molar-refractivity contribution in [1.29, 1.82) is 0 Å². The highest BCUT2D eigenvalue weighted by Gasteiger charge is 2.05. The Balaban J connectivity index is 1.82. The van der Waals surface area contributed by atoms with Crippen LogP contribution in [0, 0.1) is 0 Å². The average Bonchev–Trinajstić information content (AvgIpc) is 2.80. The molecule has 0 aliphatic carbocycles. The first-order valence-corrected chi connectivity index (χ1v) is 13.6. The lowest BCUT2D eigenvalue weighted by Gasteiger charge is -2.06. The Hall–Kier alpha value is -1.55. The van der Waals surface area contributed by atoms with Crippen LogP contribution < -0.4 is 4.74 Å². The zero-order valence-electron chi connectivity index (χ0n) is 20.8. The molecule has 0 saturated heterocycles. The first-order valence-electron chi connectivity index (χ1n) is 13.2. The lowest BCUT2D eigenvalue weighted by Crippen LogP contribution is -2.07. The van der Waals surface area contributed by atoms with Crippen LogP contribution in [0.4, 0.5) is 0 Å². The van der Waals surface area contributed by atoms with Gasteiger partial charge in [-0.05, 0) is 43.5 Å². The van der Waals surface area contributed by atoms with Gasteiger partial charge in [0.15, 0.2) is 0 Å². The number of benzene rings is 1. The van der Waals surface area contributed by atoms with Crippen molar-refractivity contribution in [3.63, 3.8) is 0 Å². The minimum atomic E-state index is -0.206. The number of unbranched alkanes of at least 4 members (excludes halogenated alkanes) is 14. The molecule has 4 nitrogen and oxygen atoms in total. The summed E-state index contributed by atoms with van der Waals surface area (Å²) in [6, 6.07) is 6.81. The van der Waals surface area contributed by atoms with Crippen LogP contribution in [0.15, 0.2) is 24.3 Å². The molecular formula is C28H45ClO4. The van der Waals surface area contributed by atoms with E-state index in [1.807, 2.05) is 0 Å². The van der Waals surface area contributed by atoms with Gasteiger partial charge in [-0.15, -0.1) is 0 Å². The second-order valence-electron chi connectivity index (χ2n) is 8.95. The van der Waals surface area contributed by atoms with E-state index in [0.29, 0.717) is 30.2 Å². The molecule has 0 aliphatic rings. The van der Waals surface area contributed by atoms with E-state index in [9.17, 15) is 9.59 Å². The topological polar surface area (TPSA) is 52.6 Å². The van der Waals surface area contributed by atoms with Gasteiger partial charge < -0.3 is 9.47 Å². The Kier molecular flexibility index (Phi) is 18.8. The Morgan fingerprint density at radius 2 is 1.09 bits per heavy atom. The molecule has 0 radical (unpaired) electrons. The average molecular weight is 481 g/mol. The molecule has 0 saturated carbocycles. The van der Waals surface area contributed by atoms with Crippen molar-refractivity contribution in [3.05, 3.63) is 29.3 Å². The van der Waals surface area contributed by atoms with Crippen molar-refractivity contribution in [2.75, 3.05) is 6.61 Å². The first-order chi connectivity index (χ1) is 16.1. The van der Waals surface area contributed by atoms with E-state index in [4.69, 9.17) is 21.1 Å². The standard InChI is InChI=1S/C28H45ClO4/c1-2-3-4-5-6-7-8-11-14-17-24-32-27(30)18-15-12-9-10-13-16-19-28(31)33-26-22-20-25(29)21-23-26/h20-23H,2-19,24H2,1H3. The number of hydrogen-bond acceptors (Lipinski definition) is 4. The Bertz CT molecular complexity index is 615. The van der Waals surface area contributed by atoms with Crippen molar-refractivity contribution in [3.8, 4) is 5.75 Å². The van der Waals surface area contributed by atoms with Gasteiger partial charge in [0.2, 0.25) is 0 Å². The summed E-state index contributed by atoms with van der Waals surface area (Å²) in [5.41, 5.74) is 0. The molecule has 1 rings (SSSR count). The molecule has 0 bridgehead atoms. The summed E-state index contributed by atoms with van der Waals surface area (Å²) in [4.78, 5) is 23.6. The zero-order valence-corrected chi connectivity index (χ0v) is 21.5. The van der Waals surface area contributed by atoms with Crippen LogP contribution in [0.3, 0.4) is 0 Å². The van der Waals surface area contributed by atoms with Crippen LogP contribution in [-0.2, 0) is 14.3 Å². The number of carbonyl (C=O) groups is 2. The van der Waals surface area contributed by atoms with Crippen LogP contribution >= 0.6 is 11.6 Å². The van der Waals surface area contributed by atoms with Gasteiger partial charge in [0.25, 0.3) is 0 Å². The first kappa shape index (κ1) is 29.5. The third-order valence-electron chi connectivity index (χ3n) is 5.82. The van der Waals surface area contributed by atoms with E-state index < -0.39 is 0 Å². The molecule has 0 spiro atoms. The SMILES string of the molecule is CCCCCCCCCCCCOC(=O)CCCCCCCCC(=O)Oc1ccc(Cl)cc1. The summed E-state index contributed by atoms with van der Waals surface area (Å²) < 4.78 is 10.6. The van der Waals surface area contributed by atoms with Crippen LogP contribution in [-0.4, -0.2) is 18.5 Å². The van der Waals surface area contributed by atoms with Crippen LogP contribution in [0.1, 0.15) is 122 Å². The van der Waals surface area contributed by atoms with Gasteiger partial charge in [-0.25, -0.2) is 0 Å². The number of carbonyl (C=O) groups excluding carboxylic acids is 2. The lowest BCUT2D eigenvalue weighted by molar-refractivity contribution is -0.144. The van der Waals surface area contributed by atoms with Gasteiger partial charge in [-0.1, -0.05) is 102 Å². The van der Waals surface area contributed by atoms with E-state index in [-0.39, 0.29) is 11.9 Å². The number of ether oxygens (including phenoxy) is 2. The quantitative estimate of drug-likeness (QED) is 0.100. The van der Waals surface area contributed by atoms with Gasteiger partial charge in [0, 0.05) is 17.9 Å². The number of hydrogen-bond donors (Lipinski definition) is 0. The highest BCUT2D eigenvalue weighted by molar-refractivity contribution is 6.30. The molecule has 0 aliphatic heterocycles. The molecule has 188 valence electrons. The molecule has 0 heterocycles. The van der Waals surface area contributed by atoms with E-state index in [0.717, 1.165) is 51.4 Å². The Labute approximate surface area is 206 Å². The molecule has 0 aromatic heterocycles.